The fourth-order valence-electron chi connectivity index (χ4n) is 2.96. The van der Waals surface area contributed by atoms with E-state index in [1.807, 2.05) is 33.0 Å². The van der Waals surface area contributed by atoms with Gasteiger partial charge in [-0.05, 0) is 19.9 Å². The first-order valence-corrected chi connectivity index (χ1v) is 8.82. The van der Waals surface area contributed by atoms with Gasteiger partial charge in [-0.2, -0.15) is 5.10 Å². The molecule has 0 bridgehead atoms. The van der Waals surface area contributed by atoms with Crippen LogP contribution in [-0.4, -0.2) is 33.4 Å². The zero-order valence-electron chi connectivity index (χ0n) is 16.1. The molecule has 3 rings (SSSR count). The maximum atomic E-state index is 13.0. The normalized spacial score (nSPS) is 10.7. The molecule has 2 aromatic carbocycles. The van der Waals surface area contributed by atoms with E-state index in [1.54, 1.807) is 59.2 Å². The molecule has 0 spiro atoms. The third-order valence-corrected chi connectivity index (χ3v) is 4.81. The van der Waals surface area contributed by atoms with Gasteiger partial charge in [0, 0.05) is 43.0 Å². The molecule has 27 heavy (non-hydrogen) atoms. The summed E-state index contributed by atoms with van der Waals surface area (Å²) >= 11 is 0. The standard InChI is InChI=1S/C22H23N3O2/c1-15-9-11-17(12-10-15)21(26)19-7-5-6-8-20(19)22(27)24(3)14-18-13-23-25(4)16(18)2/h5-13H,14H2,1-4H3. The highest BCUT2D eigenvalue weighted by Crippen LogP contribution is 2.18. The van der Waals surface area contributed by atoms with Crippen molar-refractivity contribution in [3.63, 3.8) is 0 Å². The van der Waals surface area contributed by atoms with Gasteiger partial charge in [-0.25, -0.2) is 0 Å². The summed E-state index contributed by atoms with van der Waals surface area (Å²) in [5, 5.41) is 4.22. The van der Waals surface area contributed by atoms with Crippen LogP contribution in [0.4, 0.5) is 0 Å². The molecule has 0 fully saturated rings. The zero-order chi connectivity index (χ0) is 19.6. The Morgan fingerprint density at radius 3 is 2.22 bits per heavy atom. The molecule has 0 saturated heterocycles. The summed E-state index contributed by atoms with van der Waals surface area (Å²) in [5.41, 5.74) is 4.48. The Labute approximate surface area is 159 Å². The van der Waals surface area contributed by atoms with E-state index < -0.39 is 0 Å². The van der Waals surface area contributed by atoms with Crippen molar-refractivity contribution in [1.82, 2.24) is 14.7 Å². The molecule has 0 aliphatic carbocycles. The van der Waals surface area contributed by atoms with Crippen LogP contribution in [0.15, 0.2) is 54.7 Å². The number of aromatic nitrogens is 2. The minimum atomic E-state index is -0.186. The van der Waals surface area contributed by atoms with Gasteiger partial charge in [0.25, 0.3) is 5.91 Å². The lowest BCUT2D eigenvalue weighted by molar-refractivity contribution is 0.0780. The van der Waals surface area contributed by atoms with Crippen LogP contribution in [-0.2, 0) is 13.6 Å². The Morgan fingerprint density at radius 2 is 1.63 bits per heavy atom. The minimum absolute atomic E-state index is 0.148. The number of amides is 1. The molecule has 5 nitrogen and oxygen atoms in total. The monoisotopic (exact) mass is 361 g/mol. The Morgan fingerprint density at radius 1 is 1.00 bits per heavy atom. The number of aryl methyl sites for hydroxylation is 2. The Bertz CT molecular complexity index is 987. The van der Waals surface area contributed by atoms with Crippen molar-refractivity contribution < 1.29 is 9.59 Å². The fourth-order valence-corrected chi connectivity index (χ4v) is 2.96. The van der Waals surface area contributed by atoms with Gasteiger partial charge in [-0.15, -0.1) is 0 Å². The van der Waals surface area contributed by atoms with Crippen molar-refractivity contribution in [3.05, 3.63) is 88.2 Å². The van der Waals surface area contributed by atoms with Gasteiger partial charge < -0.3 is 4.90 Å². The second kappa shape index (κ2) is 7.58. The molecule has 0 N–H and O–H groups in total. The molecule has 3 aromatic rings. The summed E-state index contributed by atoms with van der Waals surface area (Å²) in [7, 11) is 3.61. The summed E-state index contributed by atoms with van der Waals surface area (Å²) in [6.45, 7) is 4.38. The first-order valence-electron chi connectivity index (χ1n) is 8.82. The van der Waals surface area contributed by atoms with Gasteiger partial charge in [-0.3, -0.25) is 14.3 Å². The summed E-state index contributed by atoms with van der Waals surface area (Å²) in [6, 6.07) is 14.4. The quantitative estimate of drug-likeness (QED) is 0.653. The van der Waals surface area contributed by atoms with Crippen molar-refractivity contribution >= 4 is 11.7 Å². The van der Waals surface area contributed by atoms with Crippen LogP contribution in [0.1, 0.15) is 43.1 Å². The van der Waals surface area contributed by atoms with Crippen LogP contribution in [0.2, 0.25) is 0 Å². The van der Waals surface area contributed by atoms with Crippen molar-refractivity contribution in [3.8, 4) is 0 Å². The lowest BCUT2D eigenvalue weighted by Crippen LogP contribution is -2.28. The van der Waals surface area contributed by atoms with Crippen LogP contribution < -0.4 is 0 Å². The minimum Gasteiger partial charge on any atom is -0.337 e. The largest absolute Gasteiger partial charge is 0.337 e. The first-order chi connectivity index (χ1) is 12.9. The van der Waals surface area contributed by atoms with E-state index in [4.69, 9.17) is 0 Å². The lowest BCUT2D eigenvalue weighted by Gasteiger charge is -2.19. The highest BCUT2D eigenvalue weighted by molar-refractivity contribution is 6.15. The van der Waals surface area contributed by atoms with Crippen LogP contribution in [0.3, 0.4) is 0 Å². The van der Waals surface area contributed by atoms with Gasteiger partial charge in [0.2, 0.25) is 0 Å². The Balaban J connectivity index is 1.88. The molecule has 5 heteroatoms. The van der Waals surface area contributed by atoms with Gasteiger partial charge in [0.1, 0.15) is 0 Å². The molecular weight excluding hydrogens is 338 g/mol. The molecule has 0 aliphatic heterocycles. The van der Waals surface area contributed by atoms with E-state index in [2.05, 4.69) is 5.10 Å². The van der Waals surface area contributed by atoms with Gasteiger partial charge in [0.15, 0.2) is 5.78 Å². The highest BCUT2D eigenvalue weighted by Gasteiger charge is 2.21. The average molecular weight is 361 g/mol. The van der Waals surface area contributed by atoms with E-state index in [0.717, 1.165) is 16.8 Å². The van der Waals surface area contributed by atoms with Gasteiger partial charge >= 0.3 is 0 Å². The number of hydrogen-bond acceptors (Lipinski definition) is 3. The molecule has 1 aromatic heterocycles. The Hall–Kier alpha value is -3.21. The average Bonchev–Trinajstić information content (AvgIpc) is 2.99. The van der Waals surface area contributed by atoms with Gasteiger partial charge in [-0.1, -0.05) is 48.0 Å². The molecule has 1 heterocycles. The number of nitrogens with zero attached hydrogens (tertiary/aromatic N) is 3. The summed E-state index contributed by atoms with van der Waals surface area (Å²) in [6.07, 6.45) is 1.77. The summed E-state index contributed by atoms with van der Waals surface area (Å²) in [5.74, 6) is -0.334. The lowest BCUT2D eigenvalue weighted by atomic mass is 9.97. The predicted molar refractivity (Wildman–Crippen MR) is 105 cm³/mol. The Kier molecular flexibility index (Phi) is 5.21. The second-order valence-electron chi connectivity index (χ2n) is 6.78. The first kappa shape index (κ1) is 18.6. The number of benzene rings is 2. The molecule has 0 radical (unpaired) electrons. The number of carbonyl (C=O) groups is 2. The van der Waals surface area contributed by atoms with Crippen LogP contribution in [0.5, 0.6) is 0 Å². The molecule has 0 atom stereocenters. The number of carbonyl (C=O) groups excluding carboxylic acids is 2. The molecule has 0 saturated carbocycles. The van der Waals surface area contributed by atoms with E-state index in [0.29, 0.717) is 23.2 Å². The van der Waals surface area contributed by atoms with E-state index in [1.165, 1.54) is 0 Å². The van der Waals surface area contributed by atoms with Crippen molar-refractivity contribution in [2.24, 2.45) is 7.05 Å². The van der Waals surface area contributed by atoms with E-state index in [-0.39, 0.29) is 11.7 Å². The fraction of sp³-hybridized carbons (Fsp3) is 0.227. The van der Waals surface area contributed by atoms with E-state index >= 15 is 0 Å². The zero-order valence-corrected chi connectivity index (χ0v) is 16.1. The molecule has 0 unspecified atom stereocenters. The maximum Gasteiger partial charge on any atom is 0.254 e. The van der Waals surface area contributed by atoms with Crippen LogP contribution >= 0.6 is 0 Å². The molecule has 138 valence electrons. The summed E-state index contributed by atoms with van der Waals surface area (Å²) in [4.78, 5) is 27.6. The van der Waals surface area contributed by atoms with Crippen molar-refractivity contribution in [2.45, 2.75) is 20.4 Å². The number of ketones is 1. The smallest absolute Gasteiger partial charge is 0.254 e. The highest BCUT2D eigenvalue weighted by atomic mass is 16.2. The predicted octanol–water partition coefficient (Wildman–Crippen LogP) is 3.54. The third-order valence-electron chi connectivity index (χ3n) is 4.81. The van der Waals surface area contributed by atoms with Crippen LogP contribution in [0, 0.1) is 13.8 Å². The van der Waals surface area contributed by atoms with E-state index in [9.17, 15) is 9.59 Å². The maximum absolute atomic E-state index is 13.0. The number of hydrogen-bond donors (Lipinski definition) is 0. The molecular formula is C22H23N3O2. The van der Waals surface area contributed by atoms with Gasteiger partial charge in [0.05, 0.1) is 11.8 Å². The van der Waals surface area contributed by atoms with Crippen molar-refractivity contribution in [2.75, 3.05) is 7.05 Å². The topological polar surface area (TPSA) is 55.2 Å². The molecule has 1 amide bonds. The third kappa shape index (κ3) is 3.82. The number of rotatable bonds is 5. The SMILES string of the molecule is Cc1ccc(C(=O)c2ccccc2C(=O)N(C)Cc2cnn(C)c2C)cc1. The second-order valence-corrected chi connectivity index (χ2v) is 6.78. The van der Waals surface area contributed by atoms with Crippen molar-refractivity contribution in [1.29, 1.82) is 0 Å². The van der Waals surface area contributed by atoms with Crippen LogP contribution in [0.25, 0.3) is 0 Å². The summed E-state index contributed by atoms with van der Waals surface area (Å²) < 4.78 is 1.78. The molecule has 0 aliphatic rings.